The van der Waals surface area contributed by atoms with E-state index in [0.717, 1.165) is 0 Å². The average Bonchev–Trinajstić information content (AvgIpc) is 2.85. The van der Waals surface area contributed by atoms with Crippen LogP contribution in [0.25, 0.3) is 0 Å². The molecule has 2 unspecified atom stereocenters. The molecule has 134 valence electrons. The lowest BCUT2D eigenvalue weighted by atomic mass is 9.70. The maximum Gasteiger partial charge on any atom is 0.0423 e. The summed E-state index contributed by atoms with van der Waals surface area (Å²) in [5.41, 5.74) is 5.17. The number of allylic oxidation sites excluding steroid dienone is 6. The van der Waals surface area contributed by atoms with E-state index in [0.29, 0.717) is 5.92 Å². The summed E-state index contributed by atoms with van der Waals surface area (Å²) in [4.78, 5) is 0. The van der Waals surface area contributed by atoms with Crippen molar-refractivity contribution >= 4 is 0 Å². The molecular formula is C26H30. The van der Waals surface area contributed by atoms with E-state index < -0.39 is 0 Å². The second-order valence-corrected chi connectivity index (χ2v) is 8.19. The highest BCUT2D eigenvalue weighted by molar-refractivity contribution is 5.53. The third-order valence-electron chi connectivity index (χ3n) is 6.15. The topological polar surface area (TPSA) is 0 Å². The summed E-state index contributed by atoms with van der Waals surface area (Å²) >= 11 is 0. The molecular weight excluding hydrogens is 312 g/mol. The fraction of sp³-hybridized carbons (Fsp3) is 0.308. The zero-order chi connectivity index (χ0) is 18.8. The normalized spacial score (nSPS) is 22.0. The lowest BCUT2D eigenvalue weighted by molar-refractivity contribution is 0.383. The number of benzene rings is 2. The number of rotatable bonds is 4. The van der Waals surface area contributed by atoms with E-state index in [2.05, 4.69) is 120 Å². The summed E-state index contributed by atoms with van der Waals surface area (Å²) in [7, 11) is 0. The van der Waals surface area contributed by atoms with Crippen LogP contribution in [0.15, 0.2) is 90.6 Å². The van der Waals surface area contributed by atoms with Crippen LogP contribution in [-0.4, -0.2) is 0 Å². The molecule has 2 aromatic carbocycles. The Kier molecular flexibility index (Phi) is 5.05. The van der Waals surface area contributed by atoms with Crippen molar-refractivity contribution in [2.75, 3.05) is 0 Å². The van der Waals surface area contributed by atoms with Gasteiger partial charge in [-0.1, -0.05) is 111 Å². The molecule has 0 heterocycles. The molecule has 0 fully saturated rings. The second-order valence-electron chi connectivity index (χ2n) is 8.19. The summed E-state index contributed by atoms with van der Waals surface area (Å²) in [6.45, 7) is 11.4. The molecule has 0 N–H and O–H groups in total. The van der Waals surface area contributed by atoms with E-state index >= 15 is 0 Å². The molecule has 1 aliphatic carbocycles. The molecule has 0 spiro atoms. The predicted molar refractivity (Wildman–Crippen MR) is 113 cm³/mol. The van der Waals surface area contributed by atoms with Gasteiger partial charge in [-0.05, 0) is 36.5 Å². The summed E-state index contributed by atoms with van der Waals surface area (Å²) in [6.07, 6.45) is 11.6. The van der Waals surface area contributed by atoms with Crippen LogP contribution in [-0.2, 0) is 5.41 Å². The lowest BCUT2D eigenvalue weighted by Gasteiger charge is -2.33. The van der Waals surface area contributed by atoms with Gasteiger partial charge in [0.1, 0.15) is 0 Å². The smallest absolute Gasteiger partial charge is 0.0423 e. The van der Waals surface area contributed by atoms with Crippen molar-refractivity contribution in [3.8, 4) is 0 Å². The Hall–Kier alpha value is -2.34. The van der Waals surface area contributed by atoms with Gasteiger partial charge >= 0.3 is 0 Å². The van der Waals surface area contributed by atoms with Gasteiger partial charge in [0.25, 0.3) is 0 Å². The minimum Gasteiger partial charge on any atom is -0.0745 e. The molecule has 0 bridgehead atoms. The van der Waals surface area contributed by atoms with Crippen molar-refractivity contribution in [1.29, 1.82) is 0 Å². The van der Waals surface area contributed by atoms with Crippen molar-refractivity contribution in [3.05, 3.63) is 107 Å². The molecule has 3 rings (SSSR count). The molecule has 0 amide bonds. The highest BCUT2D eigenvalue weighted by atomic mass is 14.4. The Labute approximate surface area is 159 Å². The van der Waals surface area contributed by atoms with Crippen molar-refractivity contribution < 1.29 is 0 Å². The summed E-state index contributed by atoms with van der Waals surface area (Å²) in [5, 5.41) is 0. The standard InChI is InChI=1S/C26H30/c1-20(2)25(4)18-9-12-23(17-19-25)26(5,22-10-7-6-8-11-22)24-15-13-21(3)14-16-24/h6-20H,1-5H3. The molecule has 0 radical (unpaired) electrons. The van der Waals surface area contributed by atoms with Gasteiger partial charge in [0.05, 0.1) is 0 Å². The molecule has 0 saturated heterocycles. The third kappa shape index (κ3) is 3.33. The average molecular weight is 343 g/mol. The highest BCUT2D eigenvalue weighted by Crippen LogP contribution is 2.42. The number of hydrogen-bond acceptors (Lipinski definition) is 0. The first kappa shape index (κ1) is 18.5. The SMILES string of the molecule is Cc1ccc(C(C)(C2=CC=CC(C)(C(C)C)C=C2)c2ccccc2)cc1. The maximum atomic E-state index is 2.38. The molecule has 0 aromatic heterocycles. The van der Waals surface area contributed by atoms with E-state index in [1.807, 2.05) is 0 Å². The van der Waals surface area contributed by atoms with Gasteiger partial charge in [0.15, 0.2) is 0 Å². The summed E-state index contributed by atoms with van der Waals surface area (Å²) in [6, 6.07) is 19.8. The van der Waals surface area contributed by atoms with Crippen LogP contribution < -0.4 is 0 Å². The molecule has 0 saturated carbocycles. The van der Waals surface area contributed by atoms with E-state index in [1.165, 1.54) is 22.3 Å². The van der Waals surface area contributed by atoms with Crippen LogP contribution in [0.3, 0.4) is 0 Å². The van der Waals surface area contributed by atoms with Crippen molar-refractivity contribution in [1.82, 2.24) is 0 Å². The minimum absolute atomic E-state index is 0.0864. The van der Waals surface area contributed by atoms with E-state index in [9.17, 15) is 0 Å². The molecule has 2 aromatic rings. The molecule has 26 heavy (non-hydrogen) atoms. The first-order valence-corrected chi connectivity index (χ1v) is 9.58. The molecule has 2 atom stereocenters. The zero-order valence-corrected chi connectivity index (χ0v) is 16.7. The fourth-order valence-corrected chi connectivity index (χ4v) is 3.62. The quantitative estimate of drug-likeness (QED) is 0.560. The monoisotopic (exact) mass is 342 g/mol. The van der Waals surface area contributed by atoms with Gasteiger partial charge in [0.2, 0.25) is 0 Å². The van der Waals surface area contributed by atoms with Crippen LogP contribution in [0.1, 0.15) is 44.4 Å². The molecule has 1 aliphatic rings. The fourth-order valence-electron chi connectivity index (χ4n) is 3.62. The van der Waals surface area contributed by atoms with E-state index in [4.69, 9.17) is 0 Å². The van der Waals surface area contributed by atoms with Gasteiger partial charge < -0.3 is 0 Å². The van der Waals surface area contributed by atoms with Crippen LogP contribution >= 0.6 is 0 Å². The Balaban J connectivity index is 2.15. The van der Waals surface area contributed by atoms with E-state index in [-0.39, 0.29) is 10.8 Å². The third-order valence-corrected chi connectivity index (χ3v) is 6.15. The Morgan fingerprint density at radius 2 is 1.46 bits per heavy atom. The van der Waals surface area contributed by atoms with Crippen molar-refractivity contribution in [2.45, 2.75) is 40.0 Å². The number of aryl methyl sites for hydroxylation is 1. The Morgan fingerprint density at radius 3 is 2.08 bits per heavy atom. The minimum atomic E-state index is -0.183. The lowest BCUT2D eigenvalue weighted by Crippen LogP contribution is -2.26. The molecule has 0 nitrogen and oxygen atoms in total. The van der Waals surface area contributed by atoms with Crippen LogP contribution in [0.2, 0.25) is 0 Å². The summed E-state index contributed by atoms with van der Waals surface area (Å²) in [5.74, 6) is 0.560. The van der Waals surface area contributed by atoms with Crippen LogP contribution in [0.4, 0.5) is 0 Å². The molecule has 0 heteroatoms. The zero-order valence-electron chi connectivity index (χ0n) is 16.7. The maximum absolute atomic E-state index is 2.38. The van der Waals surface area contributed by atoms with Gasteiger partial charge in [-0.2, -0.15) is 0 Å². The number of hydrogen-bond donors (Lipinski definition) is 0. The molecule has 0 aliphatic heterocycles. The second kappa shape index (κ2) is 7.11. The highest BCUT2D eigenvalue weighted by Gasteiger charge is 2.33. The van der Waals surface area contributed by atoms with Crippen molar-refractivity contribution in [3.63, 3.8) is 0 Å². The Morgan fingerprint density at radius 1 is 0.846 bits per heavy atom. The van der Waals surface area contributed by atoms with Gasteiger partial charge in [-0.3, -0.25) is 0 Å². The predicted octanol–water partition coefficient (Wildman–Crippen LogP) is 7.02. The van der Waals surface area contributed by atoms with Crippen LogP contribution in [0, 0.1) is 18.3 Å². The first-order chi connectivity index (χ1) is 12.4. The van der Waals surface area contributed by atoms with Crippen molar-refractivity contribution in [2.24, 2.45) is 11.3 Å². The van der Waals surface area contributed by atoms with E-state index in [1.54, 1.807) is 0 Å². The van der Waals surface area contributed by atoms with Gasteiger partial charge in [0, 0.05) is 10.8 Å². The summed E-state index contributed by atoms with van der Waals surface area (Å²) < 4.78 is 0. The van der Waals surface area contributed by atoms with Crippen LogP contribution in [0.5, 0.6) is 0 Å². The first-order valence-electron chi connectivity index (χ1n) is 9.58. The Bertz CT molecular complexity index is 833. The van der Waals surface area contributed by atoms with Gasteiger partial charge in [-0.15, -0.1) is 0 Å². The van der Waals surface area contributed by atoms with Gasteiger partial charge in [-0.25, -0.2) is 0 Å². The largest absolute Gasteiger partial charge is 0.0745 e.